The third-order valence-corrected chi connectivity index (χ3v) is 5.67. The molecule has 1 amide bonds. The summed E-state index contributed by atoms with van der Waals surface area (Å²) in [5.41, 5.74) is 0.0393. The molecular formula is C15H21ClN2O. The molecule has 4 fully saturated rings. The predicted molar refractivity (Wildman–Crippen MR) is 73.6 cm³/mol. The van der Waals surface area contributed by atoms with Gasteiger partial charge in [-0.2, -0.15) is 5.26 Å². The van der Waals surface area contributed by atoms with Crippen LogP contribution in [0.5, 0.6) is 0 Å². The second kappa shape index (κ2) is 4.98. The number of carbonyl (C=O) groups is 1. The molecule has 0 aromatic rings. The molecule has 0 radical (unpaired) electrons. The minimum absolute atomic E-state index is 0.0267. The fourth-order valence-electron chi connectivity index (χ4n) is 5.26. The van der Waals surface area contributed by atoms with Crippen molar-refractivity contribution in [1.82, 2.24) is 4.90 Å². The van der Waals surface area contributed by atoms with E-state index in [1.807, 2.05) is 4.90 Å². The lowest BCUT2D eigenvalue weighted by molar-refractivity contribution is -0.147. The summed E-state index contributed by atoms with van der Waals surface area (Å²) in [6.07, 6.45) is 7.94. The third-order valence-electron chi connectivity index (χ3n) is 5.44. The Morgan fingerprint density at radius 2 is 1.74 bits per heavy atom. The van der Waals surface area contributed by atoms with Crippen LogP contribution in [0.3, 0.4) is 0 Å². The summed E-state index contributed by atoms with van der Waals surface area (Å²) in [7, 11) is 0. The van der Waals surface area contributed by atoms with Gasteiger partial charge < -0.3 is 4.90 Å². The molecule has 4 heteroatoms. The summed E-state index contributed by atoms with van der Waals surface area (Å²) in [4.78, 5) is 14.2. The zero-order valence-corrected chi connectivity index (χ0v) is 12.0. The molecule has 0 N–H and O–H groups in total. The lowest BCUT2D eigenvalue weighted by atomic mass is 9.52. The first-order chi connectivity index (χ1) is 9.16. The van der Waals surface area contributed by atoms with Crippen molar-refractivity contribution < 1.29 is 4.79 Å². The maximum Gasteiger partial charge on any atom is 0.237 e. The highest BCUT2D eigenvalue weighted by Crippen LogP contribution is 2.57. The second-order valence-corrected chi connectivity index (χ2v) is 7.00. The summed E-state index contributed by atoms with van der Waals surface area (Å²) < 4.78 is 0. The van der Waals surface area contributed by atoms with Gasteiger partial charge in [0.1, 0.15) is 5.88 Å². The smallest absolute Gasteiger partial charge is 0.237 e. The number of hydrogen-bond donors (Lipinski definition) is 0. The molecule has 0 spiro atoms. The largest absolute Gasteiger partial charge is 0.335 e. The Bertz CT molecular complexity index is 380. The van der Waals surface area contributed by atoms with E-state index in [4.69, 9.17) is 16.9 Å². The maximum absolute atomic E-state index is 12.2. The fourth-order valence-corrected chi connectivity index (χ4v) is 5.40. The summed E-state index contributed by atoms with van der Waals surface area (Å²) in [6, 6.07) is 2.17. The van der Waals surface area contributed by atoms with Crippen LogP contribution >= 0.6 is 11.6 Å². The molecule has 0 heterocycles. The quantitative estimate of drug-likeness (QED) is 0.743. The molecule has 3 nitrogen and oxygen atoms in total. The number of halogens is 1. The highest BCUT2D eigenvalue weighted by atomic mass is 35.5. The summed E-state index contributed by atoms with van der Waals surface area (Å²) >= 11 is 5.79. The Morgan fingerprint density at radius 3 is 2.16 bits per heavy atom. The Labute approximate surface area is 119 Å². The Balaban J connectivity index is 1.84. The second-order valence-electron chi connectivity index (χ2n) is 6.73. The van der Waals surface area contributed by atoms with Crippen LogP contribution in [0.15, 0.2) is 0 Å². The van der Waals surface area contributed by atoms with Gasteiger partial charge in [-0.1, -0.05) is 0 Å². The highest BCUT2D eigenvalue weighted by Gasteiger charge is 2.54. The van der Waals surface area contributed by atoms with Gasteiger partial charge in [0.2, 0.25) is 5.91 Å². The van der Waals surface area contributed by atoms with Crippen LogP contribution in [0, 0.1) is 29.1 Å². The van der Waals surface area contributed by atoms with E-state index in [1.54, 1.807) is 0 Å². The van der Waals surface area contributed by atoms with Crippen LogP contribution in [-0.2, 0) is 4.79 Å². The van der Waals surface area contributed by atoms with Crippen molar-refractivity contribution in [3.8, 4) is 6.07 Å². The zero-order valence-electron chi connectivity index (χ0n) is 11.3. The van der Waals surface area contributed by atoms with E-state index < -0.39 is 0 Å². The molecule has 4 aliphatic carbocycles. The minimum atomic E-state index is 0.0267. The van der Waals surface area contributed by atoms with E-state index in [1.165, 1.54) is 19.3 Å². The number of nitriles is 1. The molecule has 0 atom stereocenters. The van der Waals surface area contributed by atoms with Crippen molar-refractivity contribution in [3.05, 3.63) is 0 Å². The predicted octanol–water partition coefficient (Wildman–Crippen LogP) is 2.94. The summed E-state index contributed by atoms with van der Waals surface area (Å²) in [5, 5.41) is 8.83. The first-order valence-electron chi connectivity index (χ1n) is 7.40. The normalized spacial score (nSPS) is 39.1. The van der Waals surface area contributed by atoms with E-state index in [0.717, 1.165) is 37.0 Å². The van der Waals surface area contributed by atoms with Crippen molar-refractivity contribution in [3.63, 3.8) is 0 Å². The van der Waals surface area contributed by atoms with Gasteiger partial charge in [0.05, 0.1) is 12.5 Å². The molecule has 0 aliphatic heterocycles. The molecular weight excluding hydrogens is 260 g/mol. The Morgan fingerprint density at radius 1 is 1.21 bits per heavy atom. The van der Waals surface area contributed by atoms with E-state index in [-0.39, 0.29) is 17.3 Å². The van der Waals surface area contributed by atoms with Gasteiger partial charge in [0, 0.05) is 12.1 Å². The number of nitrogens with zero attached hydrogens (tertiary/aromatic N) is 2. The molecule has 4 rings (SSSR count). The summed E-state index contributed by atoms with van der Waals surface area (Å²) in [6.45, 7) is 0.564. The first kappa shape index (κ1) is 13.2. The van der Waals surface area contributed by atoms with Gasteiger partial charge in [0.15, 0.2) is 0 Å². The molecule has 0 saturated heterocycles. The van der Waals surface area contributed by atoms with Crippen molar-refractivity contribution >= 4 is 17.5 Å². The molecule has 0 aromatic heterocycles. The molecule has 4 bridgehead atoms. The van der Waals surface area contributed by atoms with Crippen LogP contribution in [0.1, 0.15) is 44.9 Å². The van der Waals surface area contributed by atoms with Gasteiger partial charge in [-0.05, 0) is 56.3 Å². The van der Waals surface area contributed by atoms with Crippen molar-refractivity contribution in [2.45, 2.75) is 50.5 Å². The molecule has 104 valence electrons. The van der Waals surface area contributed by atoms with Gasteiger partial charge in [-0.25, -0.2) is 0 Å². The number of amides is 1. The molecule has 0 aromatic carbocycles. The monoisotopic (exact) mass is 280 g/mol. The van der Waals surface area contributed by atoms with Gasteiger partial charge in [0.25, 0.3) is 0 Å². The number of hydrogen-bond acceptors (Lipinski definition) is 2. The molecule has 4 saturated carbocycles. The van der Waals surface area contributed by atoms with Gasteiger partial charge in [-0.3, -0.25) is 4.79 Å². The van der Waals surface area contributed by atoms with E-state index >= 15 is 0 Å². The van der Waals surface area contributed by atoms with Crippen molar-refractivity contribution in [1.29, 1.82) is 5.26 Å². The number of rotatable bonds is 4. The van der Waals surface area contributed by atoms with Crippen LogP contribution in [-0.4, -0.2) is 28.8 Å². The molecule has 19 heavy (non-hydrogen) atoms. The molecule has 0 unspecified atom stereocenters. The zero-order chi connectivity index (χ0) is 13.5. The lowest BCUT2D eigenvalue weighted by Crippen LogP contribution is -2.62. The third kappa shape index (κ3) is 2.25. The average Bonchev–Trinajstić information content (AvgIpc) is 2.37. The SMILES string of the molecule is N#CCCN(C(=O)CCl)C12CC3CC(CC(C3)C1)C2. The van der Waals surface area contributed by atoms with Crippen molar-refractivity contribution in [2.24, 2.45) is 17.8 Å². The maximum atomic E-state index is 12.2. The van der Waals surface area contributed by atoms with Crippen LogP contribution < -0.4 is 0 Å². The fraction of sp³-hybridized carbons (Fsp3) is 0.867. The average molecular weight is 281 g/mol. The van der Waals surface area contributed by atoms with Crippen molar-refractivity contribution in [2.75, 3.05) is 12.4 Å². The number of alkyl halides is 1. The van der Waals surface area contributed by atoms with Gasteiger partial charge >= 0.3 is 0 Å². The summed E-state index contributed by atoms with van der Waals surface area (Å²) in [5.74, 6) is 2.49. The standard InChI is InChI=1S/C15H21ClN2O/c16-10-14(19)18(3-1-2-17)15-7-11-4-12(8-15)6-13(5-11)9-15/h11-13H,1,3-10H2. The van der Waals surface area contributed by atoms with Crippen LogP contribution in [0.4, 0.5) is 0 Å². The topological polar surface area (TPSA) is 44.1 Å². The van der Waals surface area contributed by atoms with Gasteiger partial charge in [-0.15, -0.1) is 11.6 Å². The van der Waals surface area contributed by atoms with E-state index in [2.05, 4.69) is 6.07 Å². The highest BCUT2D eigenvalue weighted by molar-refractivity contribution is 6.27. The van der Waals surface area contributed by atoms with Crippen LogP contribution in [0.2, 0.25) is 0 Å². The van der Waals surface area contributed by atoms with E-state index in [0.29, 0.717) is 13.0 Å². The number of carbonyl (C=O) groups excluding carboxylic acids is 1. The first-order valence-corrected chi connectivity index (χ1v) is 7.93. The van der Waals surface area contributed by atoms with E-state index in [9.17, 15) is 4.79 Å². The molecule has 4 aliphatic rings. The Hall–Kier alpha value is -0.750. The lowest BCUT2D eigenvalue weighted by Gasteiger charge is -2.60. The van der Waals surface area contributed by atoms with Crippen LogP contribution in [0.25, 0.3) is 0 Å². The minimum Gasteiger partial charge on any atom is -0.335 e. The Kier molecular flexibility index (Phi) is 3.47.